The minimum Gasteiger partial charge on any atom is -0.369 e. The van der Waals surface area contributed by atoms with Gasteiger partial charge < -0.3 is 10.2 Å². The SMILES string of the molecule is CC(=O)c1ccc(N2CCN(CC(=O)N[C@@H]3CCN(Cc4ccccc4)C3)CC2)cc1. The van der Waals surface area contributed by atoms with Crippen LogP contribution in [0.3, 0.4) is 0 Å². The Labute approximate surface area is 184 Å². The van der Waals surface area contributed by atoms with Crippen molar-refractivity contribution >= 4 is 17.4 Å². The first-order valence-corrected chi connectivity index (χ1v) is 11.2. The van der Waals surface area contributed by atoms with Crippen LogP contribution in [0.4, 0.5) is 5.69 Å². The number of nitrogens with one attached hydrogen (secondary N) is 1. The fraction of sp³-hybridized carbons (Fsp3) is 0.440. The van der Waals surface area contributed by atoms with Crippen molar-refractivity contribution in [2.45, 2.75) is 25.9 Å². The fourth-order valence-electron chi connectivity index (χ4n) is 4.48. The van der Waals surface area contributed by atoms with E-state index in [4.69, 9.17) is 0 Å². The molecular weight excluding hydrogens is 388 g/mol. The number of ketones is 1. The Balaban J connectivity index is 1.18. The van der Waals surface area contributed by atoms with Gasteiger partial charge in [0.25, 0.3) is 0 Å². The van der Waals surface area contributed by atoms with Crippen molar-refractivity contribution in [1.82, 2.24) is 15.1 Å². The lowest BCUT2D eigenvalue weighted by molar-refractivity contribution is -0.123. The maximum Gasteiger partial charge on any atom is 0.234 e. The molecule has 2 aliphatic heterocycles. The van der Waals surface area contributed by atoms with E-state index < -0.39 is 0 Å². The Hall–Kier alpha value is -2.70. The molecule has 164 valence electrons. The molecule has 2 aromatic rings. The molecule has 1 amide bonds. The Kier molecular flexibility index (Phi) is 6.99. The highest BCUT2D eigenvalue weighted by atomic mass is 16.2. The number of carbonyl (C=O) groups is 2. The van der Waals surface area contributed by atoms with Crippen LogP contribution in [0.1, 0.15) is 29.3 Å². The Morgan fingerprint density at radius 2 is 1.61 bits per heavy atom. The highest BCUT2D eigenvalue weighted by Crippen LogP contribution is 2.18. The van der Waals surface area contributed by atoms with E-state index in [-0.39, 0.29) is 17.7 Å². The number of piperazine rings is 1. The van der Waals surface area contributed by atoms with Crippen LogP contribution in [-0.2, 0) is 11.3 Å². The van der Waals surface area contributed by atoms with E-state index in [2.05, 4.69) is 44.3 Å². The summed E-state index contributed by atoms with van der Waals surface area (Å²) < 4.78 is 0. The second-order valence-corrected chi connectivity index (χ2v) is 8.64. The van der Waals surface area contributed by atoms with E-state index in [0.29, 0.717) is 6.54 Å². The number of Topliss-reactive ketones (excluding diaryl/α,β-unsaturated/α-hetero) is 1. The van der Waals surface area contributed by atoms with Crippen molar-refractivity contribution in [3.63, 3.8) is 0 Å². The summed E-state index contributed by atoms with van der Waals surface area (Å²) in [6.07, 6.45) is 1.02. The number of carbonyl (C=O) groups excluding carboxylic acids is 2. The first-order chi connectivity index (χ1) is 15.1. The molecule has 1 N–H and O–H groups in total. The Morgan fingerprint density at radius 1 is 0.903 bits per heavy atom. The van der Waals surface area contributed by atoms with Gasteiger partial charge >= 0.3 is 0 Å². The highest BCUT2D eigenvalue weighted by Gasteiger charge is 2.25. The number of amides is 1. The van der Waals surface area contributed by atoms with E-state index in [1.54, 1.807) is 6.92 Å². The number of anilines is 1. The summed E-state index contributed by atoms with van der Waals surface area (Å²) in [4.78, 5) is 31.0. The largest absolute Gasteiger partial charge is 0.369 e. The molecule has 0 bridgehead atoms. The predicted octanol–water partition coefficient (Wildman–Crippen LogP) is 2.40. The summed E-state index contributed by atoms with van der Waals surface area (Å²) >= 11 is 0. The molecule has 2 fully saturated rings. The van der Waals surface area contributed by atoms with Crippen molar-refractivity contribution in [3.05, 3.63) is 65.7 Å². The van der Waals surface area contributed by atoms with E-state index in [0.717, 1.165) is 63.5 Å². The molecule has 4 rings (SSSR count). The van der Waals surface area contributed by atoms with Gasteiger partial charge in [0, 0.05) is 63.1 Å². The summed E-state index contributed by atoms with van der Waals surface area (Å²) in [6.45, 7) is 8.47. The van der Waals surface area contributed by atoms with Crippen molar-refractivity contribution in [2.24, 2.45) is 0 Å². The van der Waals surface area contributed by atoms with Crippen molar-refractivity contribution in [1.29, 1.82) is 0 Å². The average molecular weight is 421 g/mol. The smallest absolute Gasteiger partial charge is 0.234 e. The maximum absolute atomic E-state index is 12.6. The van der Waals surface area contributed by atoms with Crippen LogP contribution in [0, 0.1) is 0 Å². The van der Waals surface area contributed by atoms with Gasteiger partial charge in [0.1, 0.15) is 0 Å². The molecule has 2 heterocycles. The topological polar surface area (TPSA) is 55.9 Å². The Bertz CT molecular complexity index is 876. The maximum atomic E-state index is 12.6. The first kappa shape index (κ1) is 21.5. The van der Waals surface area contributed by atoms with E-state index in [1.807, 2.05) is 30.3 Å². The molecule has 6 heteroatoms. The van der Waals surface area contributed by atoms with Crippen molar-refractivity contribution in [2.75, 3.05) is 50.7 Å². The molecule has 2 aromatic carbocycles. The van der Waals surface area contributed by atoms with Crippen LogP contribution in [-0.4, -0.2) is 73.3 Å². The first-order valence-electron chi connectivity index (χ1n) is 11.2. The lowest BCUT2D eigenvalue weighted by Gasteiger charge is -2.36. The van der Waals surface area contributed by atoms with Crippen LogP contribution in [0.5, 0.6) is 0 Å². The van der Waals surface area contributed by atoms with Gasteiger partial charge in [-0.15, -0.1) is 0 Å². The molecule has 2 saturated heterocycles. The summed E-state index contributed by atoms with van der Waals surface area (Å²) in [5, 5.41) is 3.23. The quantitative estimate of drug-likeness (QED) is 0.697. The lowest BCUT2D eigenvalue weighted by atomic mass is 10.1. The predicted molar refractivity (Wildman–Crippen MR) is 123 cm³/mol. The molecule has 0 unspecified atom stereocenters. The zero-order chi connectivity index (χ0) is 21.6. The van der Waals surface area contributed by atoms with Gasteiger partial charge in [0.05, 0.1) is 6.54 Å². The van der Waals surface area contributed by atoms with Gasteiger partial charge in [-0.3, -0.25) is 19.4 Å². The average Bonchev–Trinajstić information content (AvgIpc) is 3.21. The monoisotopic (exact) mass is 420 g/mol. The lowest BCUT2D eigenvalue weighted by Crippen LogP contribution is -2.50. The molecule has 0 spiro atoms. The summed E-state index contributed by atoms with van der Waals surface area (Å²) in [7, 11) is 0. The molecule has 0 aromatic heterocycles. The van der Waals surface area contributed by atoms with E-state index in [9.17, 15) is 9.59 Å². The van der Waals surface area contributed by atoms with Gasteiger partial charge in [-0.2, -0.15) is 0 Å². The van der Waals surface area contributed by atoms with Crippen LogP contribution in [0.25, 0.3) is 0 Å². The number of nitrogens with zero attached hydrogens (tertiary/aromatic N) is 3. The van der Waals surface area contributed by atoms with Gasteiger partial charge in [-0.25, -0.2) is 0 Å². The molecule has 0 aliphatic carbocycles. The van der Waals surface area contributed by atoms with Crippen LogP contribution in [0.2, 0.25) is 0 Å². The van der Waals surface area contributed by atoms with Crippen LogP contribution in [0.15, 0.2) is 54.6 Å². The van der Waals surface area contributed by atoms with E-state index in [1.165, 1.54) is 5.56 Å². The number of rotatable bonds is 7. The molecule has 0 saturated carbocycles. The minimum absolute atomic E-state index is 0.0906. The molecule has 2 aliphatic rings. The van der Waals surface area contributed by atoms with Crippen LogP contribution >= 0.6 is 0 Å². The number of hydrogen-bond acceptors (Lipinski definition) is 5. The van der Waals surface area contributed by atoms with Crippen LogP contribution < -0.4 is 10.2 Å². The molecular formula is C25H32N4O2. The summed E-state index contributed by atoms with van der Waals surface area (Å²) in [5.41, 5.74) is 3.20. The fourth-order valence-corrected chi connectivity index (χ4v) is 4.48. The molecule has 31 heavy (non-hydrogen) atoms. The van der Waals surface area contributed by atoms with E-state index >= 15 is 0 Å². The van der Waals surface area contributed by atoms with Crippen molar-refractivity contribution in [3.8, 4) is 0 Å². The third kappa shape index (κ3) is 5.93. The summed E-state index contributed by atoms with van der Waals surface area (Å²) in [5.74, 6) is 0.221. The van der Waals surface area contributed by atoms with Gasteiger partial charge in [0.2, 0.25) is 5.91 Å². The highest BCUT2D eigenvalue weighted by molar-refractivity contribution is 5.94. The number of benzene rings is 2. The second-order valence-electron chi connectivity index (χ2n) is 8.64. The van der Waals surface area contributed by atoms with Gasteiger partial charge in [0.15, 0.2) is 5.78 Å². The van der Waals surface area contributed by atoms with Gasteiger partial charge in [-0.05, 0) is 43.2 Å². The molecule has 0 radical (unpaired) electrons. The van der Waals surface area contributed by atoms with Crippen molar-refractivity contribution < 1.29 is 9.59 Å². The number of hydrogen-bond donors (Lipinski definition) is 1. The zero-order valence-corrected chi connectivity index (χ0v) is 18.3. The molecule has 1 atom stereocenters. The minimum atomic E-state index is 0.0906. The normalized spacial score (nSPS) is 20.0. The Morgan fingerprint density at radius 3 is 2.29 bits per heavy atom. The van der Waals surface area contributed by atoms with Gasteiger partial charge in [-0.1, -0.05) is 30.3 Å². The third-order valence-corrected chi connectivity index (χ3v) is 6.26. The number of likely N-dealkylation sites (tertiary alicyclic amines) is 1. The standard InChI is InChI=1S/C25H32N4O2/c1-20(30)22-7-9-24(10-8-22)29-15-13-27(14-16-29)19-25(31)26-23-11-12-28(18-23)17-21-5-3-2-4-6-21/h2-10,23H,11-19H2,1H3,(H,26,31)/t23-/m1/s1. The summed E-state index contributed by atoms with van der Waals surface area (Å²) in [6, 6.07) is 18.6. The zero-order valence-electron chi connectivity index (χ0n) is 18.3. The second kappa shape index (κ2) is 10.1. The third-order valence-electron chi connectivity index (χ3n) is 6.26. The molecule has 6 nitrogen and oxygen atoms in total.